The molecule has 0 bridgehead atoms. The normalized spacial score (nSPS) is 36.6. The molecule has 2 unspecified atom stereocenters. The number of rotatable bonds is 0. The highest BCUT2D eigenvalue weighted by Gasteiger charge is 2.32. The fourth-order valence-electron chi connectivity index (χ4n) is 1.84. The van der Waals surface area contributed by atoms with Gasteiger partial charge >= 0.3 is 0 Å². The van der Waals surface area contributed by atoms with Gasteiger partial charge in [-0.05, 0) is 24.7 Å². The number of aliphatic hydroxyl groups is 1. The first-order valence-corrected chi connectivity index (χ1v) is 4.30. The Hall–Kier alpha value is -0.300. The predicted octanol–water partition coefficient (Wildman–Crippen LogP) is 2.36. The lowest BCUT2D eigenvalue weighted by Crippen LogP contribution is -2.31. The van der Waals surface area contributed by atoms with Crippen LogP contribution in [0, 0.1) is 11.3 Å². The summed E-state index contributed by atoms with van der Waals surface area (Å²) in [7, 11) is 0. The van der Waals surface area contributed by atoms with Gasteiger partial charge in [0.15, 0.2) is 0 Å². The SMILES string of the molecule is CC1=CC(O)CC(C)(C)C1C. The Bertz CT molecular complexity index is 179. The van der Waals surface area contributed by atoms with Gasteiger partial charge in [0, 0.05) is 0 Å². The van der Waals surface area contributed by atoms with Gasteiger partial charge in [0.25, 0.3) is 0 Å². The van der Waals surface area contributed by atoms with E-state index < -0.39 is 0 Å². The van der Waals surface area contributed by atoms with Crippen LogP contribution in [0.4, 0.5) is 0 Å². The third-order valence-corrected chi connectivity index (χ3v) is 3.05. The lowest BCUT2D eigenvalue weighted by molar-refractivity contribution is 0.108. The fourth-order valence-corrected chi connectivity index (χ4v) is 1.84. The Kier molecular flexibility index (Phi) is 2.10. The summed E-state index contributed by atoms with van der Waals surface area (Å²) >= 11 is 0. The monoisotopic (exact) mass is 154 g/mol. The Morgan fingerprint density at radius 3 is 2.55 bits per heavy atom. The van der Waals surface area contributed by atoms with Gasteiger partial charge in [0.05, 0.1) is 6.10 Å². The second kappa shape index (κ2) is 2.63. The summed E-state index contributed by atoms with van der Waals surface area (Å²) in [5.41, 5.74) is 1.59. The van der Waals surface area contributed by atoms with Gasteiger partial charge in [0.2, 0.25) is 0 Å². The zero-order valence-corrected chi connectivity index (χ0v) is 7.89. The minimum atomic E-state index is -0.221. The van der Waals surface area contributed by atoms with Crippen LogP contribution in [-0.4, -0.2) is 11.2 Å². The van der Waals surface area contributed by atoms with Crippen molar-refractivity contribution in [2.24, 2.45) is 11.3 Å². The molecule has 1 heteroatoms. The van der Waals surface area contributed by atoms with Crippen molar-refractivity contribution in [3.8, 4) is 0 Å². The highest BCUT2D eigenvalue weighted by atomic mass is 16.3. The average Bonchev–Trinajstić information content (AvgIpc) is 1.81. The summed E-state index contributed by atoms with van der Waals surface area (Å²) in [4.78, 5) is 0. The van der Waals surface area contributed by atoms with E-state index in [0.29, 0.717) is 5.92 Å². The van der Waals surface area contributed by atoms with Crippen LogP contribution in [0.15, 0.2) is 11.6 Å². The molecule has 1 N–H and O–H groups in total. The first-order chi connectivity index (χ1) is 4.93. The topological polar surface area (TPSA) is 20.2 Å². The Balaban J connectivity index is 2.86. The third-order valence-electron chi connectivity index (χ3n) is 3.05. The van der Waals surface area contributed by atoms with E-state index in [1.165, 1.54) is 5.57 Å². The number of hydrogen-bond donors (Lipinski definition) is 1. The maximum Gasteiger partial charge on any atom is 0.0728 e. The van der Waals surface area contributed by atoms with Crippen molar-refractivity contribution in [1.82, 2.24) is 0 Å². The van der Waals surface area contributed by atoms with E-state index >= 15 is 0 Å². The second-order valence-electron chi connectivity index (χ2n) is 4.39. The molecule has 0 aromatic carbocycles. The Morgan fingerprint density at radius 1 is 1.55 bits per heavy atom. The summed E-state index contributed by atoms with van der Waals surface area (Å²) in [5, 5.41) is 9.46. The van der Waals surface area contributed by atoms with Crippen molar-refractivity contribution in [2.45, 2.75) is 40.2 Å². The molecule has 0 radical (unpaired) electrons. The molecule has 0 fully saturated rings. The van der Waals surface area contributed by atoms with Crippen LogP contribution < -0.4 is 0 Å². The van der Waals surface area contributed by atoms with Gasteiger partial charge < -0.3 is 5.11 Å². The first-order valence-electron chi connectivity index (χ1n) is 4.30. The van der Waals surface area contributed by atoms with Crippen LogP contribution in [0.3, 0.4) is 0 Å². The molecule has 0 saturated carbocycles. The van der Waals surface area contributed by atoms with Gasteiger partial charge in [-0.3, -0.25) is 0 Å². The molecule has 0 heterocycles. The molecule has 64 valence electrons. The van der Waals surface area contributed by atoms with Crippen molar-refractivity contribution in [3.05, 3.63) is 11.6 Å². The average molecular weight is 154 g/mol. The quantitative estimate of drug-likeness (QED) is 0.531. The van der Waals surface area contributed by atoms with Crippen molar-refractivity contribution in [3.63, 3.8) is 0 Å². The van der Waals surface area contributed by atoms with Gasteiger partial charge in [-0.15, -0.1) is 0 Å². The van der Waals surface area contributed by atoms with Crippen LogP contribution in [0.2, 0.25) is 0 Å². The van der Waals surface area contributed by atoms with E-state index in [0.717, 1.165) is 6.42 Å². The van der Waals surface area contributed by atoms with E-state index in [1.54, 1.807) is 0 Å². The van der Waals surface area contributed by atoms with Gasteiger partial charge in [-0.1, -0.05) is 32.4 Å². The molecule has 0 aromatic rings. The fraction of sp³-hybridized carbons (Fsp3) is 0.800. The van der Waals surface area contributed by atoms with Crippen LogP contribution in [0.25, 0.3) is 0 Å². The molecule has 0 amide bonds. The molecule has 0 aromatic heterocycles. The molecule has 11 heavy (non-hydrogen) atoms. The zero-order chi connectivity index (χ0) is 8.65. The molecule has 1 nitrogen and oxygen atoms in total. The molecule has 1 rings (SSSR count). The molecule has 1 aliphatic carbocycles. The van der Waals surface area contributed by atoms with Crippen molar-refractivity contribution < 1.29 is 5.11 Å². The first kappa shape index (κ1) is 8.79. The minimum Gasteiger partial charge on any atom is -0.389 e. The smallest absolute Gasteiger partial charge is 0.0728 e. The number of allylic oxidation sites excluding steroid dienone is 1. The van der Waals surface area contributed by atoms with E-state index in [2.05, 4.69) is 27.7 Å². The highest BCUT2D eigenvalue weighted by Crippen LogP contribution is 2.40. The van der Waals surface area contributed by atoms with Crippen LogP contribution in [0.5, 0.6) is 0 Å². The number of aliphatic hydroxyl groups excluding tert-OH is 1. The maximum absolute atomic E-state index is 9.46. The number of hydrogen-bond acceptors (Lipinski definition) is 1. The Labute approximate surface area is 69.1 Å². The minimum absolute atomic E-state index is 0.221. The zero-order valence-electron chi connectivity index (χ0n) is 7.89. The van der Waals surface area contributed by atoms with E-state index in [1.807, 2.05) is 6.08 Å². The van der Waals surface area contributed by atoms with E-state index in [-0.39, 0.29) is 11.5 Å². The maximum atomic E-state index is 9.46. The van der Waals surface area contributed by atoms with Gasteiger partial charge in [0.1, 0.15) is 0 Å². The summed E-state index contributed by atoms with van der Waals surface area (Å²) in [6, 6.07) is 0. The summed E-state index contributed by atoms with van der Waals surface area (Å²) in [6.45, 7) is 8.78. The van der Waals surface area contributed by atoms with Crippen LogP contribution in [-0.2, 0) is 0 Å². The molecule has 0 saturated heterocycles. The third kappa shape index (κ3) is 1.64. The summed E-state index contributed by atoms with van der Waals surface area (Å²) < 4.78 is 0. The molecule has 0 aliphatic heterocycles. The van der Waals surface area contributed by atoms with Crippen molar-refractivity contribution >= 4 is 0 Å². The van der Waals surface area contributed by atoms with Crippen molar-refractivity contribution in [2.75, 3.05) is 0 Å². The largest absolute Gasteiger partial charge is 0.389 e. The molecular weight excluding hydrogens is 136 g/mol. The Morgan fingerprint density at radius 2 is 2.09 bits per heavy atom. The second-order valence-corrected chi connectivity index (χ2v) is 4.39. The highest BCUT2D eigenvalue weighted by molar-refractivity contribution is 5.13. The van der Waals surface area contributed by atoms with E-state index in [4.69, 9.17) is 0 Å². The van der Waals surface area contributed by atoms with Crippen LogP contribution in [0.1, 0.15) is 34.1 Å². The lowest BCUT2D eigenvalue weighted by Gasteiger charge is -2.38. The van der Waals surface area contributed by atoms with Crippen LogP contribution >= 0.6 is 0 Å². The standard InChI is InChI=1S/C10H18O/c1-7-5-9(11)6-10(3,4)8(7)2/h5,8-9,11H,6H2,1-4H3. The van der Waals surface area contributed by atoms with Crippen molar-refractivity contribution in [1.29, 1.82) is 0 Å². The van der Waals surface area contributed by atoms with Gasteiger partial charge in [-0.2, -0.15) is 0 Å². The summed E-state index contributed by atoms with van der Waals surface area (Å²) in [6.07, 6.45) is 2.66. The van der Waals surface area contributed by atoms with Gasteiger partial charge in [-0.25, -0.2) is 0 Å². The summed E-state index contributed by atoms with van der Waals surface area (Å²) in [5.74, 6) is 0.603. The predicted molar refractivity (Wildman–Crippen MR) is 47.3 cm³/mol. The molecule has 2 atom stereocenters. The molecule has 1 aliphatic rings. The molecular formula is C10H18O. The molecule has 0 spiro atoms. The lowest BCUT2D eigenvalue weighted by atomic mass is 9.69. The van der Waals surface area contributed by atoms with E-state index in [9.17, 15) is 5.11 Å².